The van der Waals surface area contributed by atoms with Gasteiger partial charge in [-0.15, -0.1) is 0 Å². The molecule has 0 unspecified atom stereocenters. The number of H-pyrrole nitrogens is 1. The average molecular weight is 262 g/mol. The lowest BCUT2D eigenvalue weighted by Gasteiger charge is -2.01. The summed E-state index contributed by atoms with van der Waals surface area (Å²) in [5.74, 6) is 0.233. The smallest absolute Gasteiger partial charge is 0.153 e. The molecule has 0 aliphatic carbocycles. The second-order valence-corrected chi connectivity index (χ2v) is 4.17. The molecule has 5 nitrogen and oxygen atoms in total. The van der Waals surface area contributed by atoms with E-state index in [1.54, 1.807) is 24.5 Å². The fourth-order valence-corrected chi connectivity index (χ4v) is 1.94. The molecule has 1 aromatic carbocycles. The SMILES string of the molecule is N#CC(=C(O)c1ccncc1)c1nc2ccccc2[nH]1. The highest BCUT2D eigenvalue weighted by Crippen LogP contribution is 2.23. The van der Waals surface area contributed by atoms with Crippen LogP contribution in [0.4, 0.5) is 0 Å². The molecule has 3 rings (SSSR count). The van der Waals surface area contributed by atoms with Crippen molar-refractivity contribution in [2.45, 2.75) is 0 Å². The number of aliphatic hydroxyl groups is 1. The van der Waals surface area contributed by atoms with E-state index >= 15 is 0 Å². The molecule has 0 atom stereocenters. The van der Waals surface area contributed by atoms with E-state index in [1.165, 1.54) is 0 Å². The first-order valence-electron chi connectivity index (χ1n) is 5.98. The minimum Gasteiger partial charge on any atom is -0.506 e. The second-order valence-electron chi connectivity index (χ2n) is 4.17. The van der Waals surface area contributed by atoms with Crippen LogP contribution in [-0.2, 0) is 0 Å². The van der Waals surface area contributed by atoms with Gasteiger partial charge in [0.2, 0.25) is 0 Å². The van der Waals surface area contributed by atoms with Gasteiger partial charge in [0.1, 0.15) is 17.4 Å². The van der Waals surface area contributed by atoms with Gasteiger partial charge in [0, 0.05) is 18.0 Å². The molecule has 2 N–H and O–H groups in total. The Labute approximate surface area is 114 Å². The third-order valence-corrected chi connectivity index (χ3v) is 2.93. The van der Waals surface area contributed by atoms with Crippen LogP contribution in [0.5, 0.6) is 0 Å². The molecule has 96 valence electrons. The molecule has 3 aromatic rings. The van der Waals surface area contributed by atoms with Crippen LogP contribution in [0.15, 0.2) is 48.8 Å². The van der Waals surface area contributed by atoms with Crippen LogP contribution in [0.1, 0.15) is 11.4 Å². The lowest BCUT2D eigenvalue weighted by atomic mass is 10.1. The molecule has 20 heavy (non-hydrogen) atoms. The second kappa shape index (κ2) is 4.86. The first-order chi connectivity index (χ1) is 9.79. The molecule has 0 radical (unpaired) electrons. The number of nitrogens with one attached hydrogen (secondary N) is 1. The highest BCUT2D eigenvalue weighted by atomic mass is 16.3. The molecule has 0 aliphatic heterocycles. The van der Waals surface area contributed by atoms with Crippen LogP contribution in [0.3, 0.4) is 0 Å². The van der Waals surface area contributed by atoms with Crippen LogP contribution in [-0.4, -0.2) is 20.1 Å². The Morgan fingerprint density at radius 1 is 1.15 bits per heavy atom. The van der Waals surface area contributed by atoms with Gasteiger partial charge in [0.15, 0.2) is 5.82 Å². The molecular formula is C15H10N4O. The van der Waals surface area contributed by atoms with Gasteiger partial charge in [-0.3, -0.25) is 4.98 Å². The maximum absolute atomic E-state index is 10.2. The molecule has 0 saturated carbocycles. The number of nitriles is 1. The van der Waals surface area contributed by atoms with Crippen molar-refractivity contribution >= 4 is 22.4 Å². The van der Waals surface area contributed by atoms with Crippen molar-refractivity contribution in [3.63, 3.8) is 0 Å². The summed E-state index contributed by atoms with van der Waals surface area (Å²) < 4.78 is 0. The minimum atomic E-state index is -0.117. The molecule has 2 heterocycles. The predicted octanol–water partition coefficient (Wildman–Crippen LogP) is 2.91. The van der Waals surface area contributed by atoms with E-state index in [9.17, 15) is 10.4 Å². The van der Waals surface area contributed by atoms with Crippen LogP contribution in [0, 0.1) is 11.3 Å². The first kappa shape index (κ1) is 11.9. The number of fused-ring (bicyclic) bond motifs is 1. The Balaban J connectivity index is 2.17. The number of aliphatic hydroxyl groups excluding tert-OH is 1. The number of hydrogen-bond donors (Lipinski definition) is 2. The topological polar surface area (TPSA) is 85.6 Å². The van der Waals surface area contributed by atoms with E-state index in [-0.39, 0.29) is 11.3 Å². The third-order valence-electron chi connectivity index (χ3n) is 2.93. The summed E-state index contributed by atoms with van der Waals surface area (Å²) in [7, 11) is 0. The number of imidazole rings is 1. The van der Waals surface area contributed by atoms with Gasteiger partial charge < -0.3 is 10.1 Å². The number of rotatable bonds is 2. The molecule has 2 aromatic heterocycles. The van der Waals surface area contributed by atoms with Gasteiger partial charge in [-0.1, -0.05) is 12.1 Å². The van der Waals surface area contributed by atoms with Gasteiger partial charge in [-0.25, -0.2) is 4.98 Å². The average Bonchev–Trinajstić information content (AvgIpc) is 2.92. The summed E-state index contributed by atoms with van der Waals surface area (Å²) in [5, 5.41) is 19.5. The van der Waals surface area contributed by atoms with E-state index in [4.69, 9.17) is 0 Å². The number of para-hydroxylation sites is 2. The molecule has 0 spiro atoms. The summed E-state index contributed by atoms with van der Waals surface area (Å²) in [6.45, 7) is 0. The Hall–Kier alpha value is -3.13. The van der Waals surface area contributed by atoms with Crippen molar-refractivity contribution in [1.82, 2.24) is 15.0 Å². The van der Waals surface area contributed by atoms with E-state index in [0.717, 1.165) is 11.0 Å². The zero-order chi connectivity index (χ0) is 13.9. The Kier molecular flexibility index (Phi) is 2.90. The number of allylic oxidation sites excluding steroid dienone is 1. The Morgan fingerprint density at radius 2 is 1.90 bits per heavy atom. The third kappa shape index (κ3) is 1.99. The highest BCUT2D eigenvalue weighted by molar-refractivity contribution is 5.93. The lowest BCUT2D eigenvalue weighted by Crippen LogP contribution is -1.92. The number of benzene rings is 1. The van der Waals surface area contributed by atoms with Gasteiger partial charge in [0.05, 0.1) is 11.0 Å². The fraction of sp³-hybridized carbons (Fsp3) is 0. The Morgan fingerprint density at radius 3 is 2.60 bits per heavy atom. The molecule has 5 heteroatoms. The number of nitrogens with zero attached hydrogens (tertiary/aromatic N) is 3. The van der Waals surface area contributed by atoms with E-state index in [1.807, 2.05) is 30.3 Å². The van der Waals surface area contributed by atoms with Crippen molar-refractivity contribution < 1.29 is 5.11 Å². The summed E-state index contributed by atoms with van der Waals surface area (Å²) >= 11 is 0. The standard InChI is InChI=1S/C15H10N4O/c16-9-11(14(20)10-5-7-17-8-6-10)15-18-12-3-1-2-4-13(12)19-15/h1-8,20H,(H,18,19). The van der Waals surface area contributed by atoms with Crippen LogP contribution >= 0.6 is 0 Å². The summed E-state index contributed by atoms with van der Waals surface area (Å²) in [4.78, 5) is 11.2. The van der Waals surface area contributed by atoms with E-state index < -0.39 is 0 Å². The first-order valence-corrected chi connectivity index (χ1v) is 5.98. The zero-order valence-electron chi connectivity index (χ0n) is 10.4. The van der Waals surface area contributed by atoms with Crippen molar-refractivity contribution in [1.29, 1.82) is 5.26 Å². The fourth-order valence-electron chi connectivity index (χ4n) is 1.94. The summed E-state index contributed by atoms with van der Waals surface area (Å²) in [6.07, 6.45) is 3.11. The normalized spacial score (nSPS) is 11.9. The molecular weight excluding hydrogens is 252 g/mol. The van der Waals surface area contributed by atoms with E-state index in [2.05, 4.69) is 15.0 Å². The van der Waals surface area contributed by atoms with Crippen molar-refractivity contribution in [2.24, 2.45) is 0 Å². The molecule has 0 amide bonds. The van der Waals surface area contributed by atoms with Crippen LogP contribution < -0.4 is 0 Å². The molecule has 0 saturated heterocycles. The lowest BCUT2D eigenvalue weighted by molar-refractivity contribution is 0.513. The van der Waals surface area contributed by atoms with Gasteiger partial charge >= 0.3 is 0 Å². The molecule has 0 aliphatic rings. The van der Waals surface area contributed by atoms with E-state index in [0.29, 0.717) is 11.4 Å². The monoisotopic (exact) mass is 262 g/mol. The zero-order valence-corrected chi connectivity index (χ0v) is 10.4. The molecule has 0 fully saturated rings. The van der Waals surface area contributed by atoms with Crippen molar-refractivity contribution in [2.75, 3.05) is 0 Å². The van der Waals surface area contributed by atoms with Crippen molar-refractivity contribution in [3.8, 4) is 6.07 Å². The highest BCUT2D eigenvalue weighted by Gasteiger charge is 2.14. The van der Waals surface area contributed by atoms with Crippen molar-refractivity contribution in [3.05, 3.63) is 60.2 Å². The largest absolute Gasteiger partial charge is 0.506 e. The maximum Gasteiger partial charge on any atom is 0.153 e. The van der Waals surface area contributed by atoms with Gasteiger partial charge in [-0.2, -0.15) is 5.26 Å². The van der Waals surface area contributed by atoms with Crippen LogP contribution in [0.2, 0.25) is 0 Å². The quantitative estimate of drug-likeness (QED) is 0.549. The predicted molar refractivity (Wildman–Crippen MR) is 75.4 cm³/mol. The van der Waals surface area contributed by atoms with Gasteiger partial charge in [-0.05, 0) is 24.3 Å². The number of aromatic nitrogens is 3. The molecule has 0 bridgehead atoms. The van der Waals surface area contributed by atoms with Crippen LogP contribution in [0.25, 0.3) is 22.4 Å². The van der Waals surface area contributed by atoms with Gasteiger partial charge in [0.25, 0.3) is 0 Å². The maximum atomic E-state index is 10.2. The Bertz CT molecular complexity index is 795. The number of pyridine rings is 1. The number of hydrogen-bond acceptors (Lipinski definition) is 4. The summed E-state index contributed by atoms with van der Waals surface area (Å²) in [6, 6.07) is 12.7. The number of aromatic amines is 1. The summed E-state index contributed by atoms with van der Waals surface area (Å²) in [5.41, 5.74) is 2.19. The minimum absolute atomic E-state index is 0.104.